The van der Waals surface area contributed by atoms with Crippen molar-refractivity contribution in [2.75, 3.05) is 6.54 Å². The maximum Gasteiger partial charge on any atom is 0.124 e. The molecular weight excluding hydrogens is 312 g/mol. The number of nitrogens with two attached hydrogens (primary N) is 1. The fraction of sp³-hybridized carbons (Fsp3) is 0.238. The standard InChI is InChI=1S/C21H22N2O2/c22-12-20-18-9-4-10-21(25-15-16-6-2-1-3-7-16)19(18)14-23(20)13-17-8-5-11-24-17/h1-11,20H,12-15,22H2. The van der Waals surface area contributed by atoms with E-state index in [0.717, 1.165) is 24.6 Å². The topological polar surface area (TPSA) is 51.6 Å². The van der Waals surface area contributed by atoms with Crippen LogP contribution in [0, 0.1) is 0 Å². The van der Waals surface area contributed by atoms with E-state index in [4.69, 9.17) is 14.9 Å². The predicted molar refractivity (Wildman–Crippen MR) is 97.0 cm³/mol. The van der Waals surface area contributed by atoms with Crippen molar-refractivity contribution in [2.24, 2.45) is 5.73 Å². The molecule has 3 aromatic rings. The first-order chi connectivity index (χ1) is 12.3. The van der Waals surface area contributed by atoms with Gasteiger partial charge >= 0.3 is 0 Å². The largest absolute Gasteiger partial charge is 0.489 e. The van der Waals surface area contributed by atoms with Crippen molar-refractivity contribution in [1.82, 2.24) is 4.90 Å². The van der Waals surface area contributed by atoms with Crippen LogP contribution in [0.25, 0.3) is 0 Å². The highest BCUT2D eigenvalue weighted by Crippen LogP contribution is 2.39. The van der Waals surface area contributed by atoms with Crippen LogP contribution in [-0.2, 0) is 19.7 Å². The highest BCUT2D eigenvalue weighted by molar-refractivity contribution is 5.45. The van der Waals surface area contributed by atoms with E-state index >= 15 is 0 Å². The maximum absolute atomic E-state index is 6.12. The van der Waals surface area contributed by atoms with Crippen molar-refractivity contribution in [3.05, 3.63) is 89.4 Å². The lowest BCUT2D eigenvalue weighted by Crippen LogP contribution is -2.27. The second kappa shape index (κ2) is 7.13. The van der Waals surface area contributed by atoms with Gasteiger partial charge in [-0.2, -0.15) is 0 Å². The summed E-state index contributed by atoms with van der Waals surface area (Å²) < 4.78 is 11.6. The van der Waals surface area contributed by atoms with Crippen molar-refractivity contribution >= 4 is 0 Å². The Hall–Kier alpha value is -2.56. The Morgan fingerprint density at radius 1 is 1.04 bits per heavy atom. The van der Waals surface area contributed by atoms with Crippen LogP contribution in [0.2, 0.25) is 0 Å². The fourth-order valence-electron chi connectivity index (χ4n) is 3.49. The third-order valence-corrected chi connectivity index (χ3v) is 4.73. The van der Waals surface area contributed by atoms with Crippen LogP contribution in [0.4, 0.5) is 0 Å². The van der Waals surface area contributed by atoms with Gasteiger partial charge in [-0.05, 0) is 29.3 Å². The summed E-state index contributed by atoms with van der Waals surface area (Å²) in [5.74, 6) is 1.90. The quantitative estimate of drug-likeness (QED) is 0.743. The third kappa shape index (κ3) is 3.31. The van der Waals surface area contributed by atoms with Crippen LogP contribution in [0.1, 0.15) is 28.5 Å². The lowest BCUT2D eigenvalue weighted by atomic mass is 10.0. The van der Waals surface area contributed by atoms with E-state index in [0.29, 0.717) is 13.2 Å². The minimum Gasteiger partial charge on any atom is -0.489 e. The summed E-state index contributed by atoms with van der Waals surface area (Å²) in [6.07, 6.45) is 1.71. The number of ether oxygens (including phenoxy) is 1. The fourth-order valence-corrected chi connectivity index (χ4v) is 3.49. The lowest BCUT2D eigenvalue weighted by Gasteiger charge is -2.22. The van der Waals surface area contributed by atoms with Crippen molar-refractivity contribution in [3.8, 4) is 5.75 Å². The molecule has 4 rings (SSSR count). The molecule has 0 spiro atoms. The molecule has 0 aliphatic carbocycles. The molecule has 0 saturated carbocycles. The van der Waals surface area contributed by atoms with E-state index < -0.39 is 0 Å². The summed E-state index contributed by atoms with van der Waals surface area (Å²) in [5, 5.41) is 0. The predicted octanol–water partition coefficient (Wildman–Crippen LogP) is 3.87. The Labute approximate surface area is 147 Å². The molecule has 2 N–H and O–H groups in total. The number of hydrogen-bond donors (Lipinski definition) is 1. The van der Waals surface area contributed by atoms with E-state index in [1.54, 1.807) is 6.26 Å². The van der Waals surface area contributed by atoms with Crippen LogP contribution in [0.3, 0.4) is 0 Å². The van der Waals surface area contributed by atoms with Crippen LogP contribution in [-0.4, -0.2) is 11.4 Å². The highest BCUT2D eigenvalue weighted by Gasteiger charge is 2.31. The Morgan fingerprint density at radius 2 is 1.92 bits per heavy atom. The summed E-state index contributed by atoms with van der Waals surface area (Å²) >= 11 is 0. The molecule has 4 heteroatoms. The van der Waals surface area contributed by atoms with Crippen molar-refractivity contribution in [2.45, 2.75) is 25.7 Å². The van der Waals surface area contributed by atoms with Gasteiger partial charge in [0.1, 0.15) is 18.1 Å². The molecule has 1 unspecified atom stereocenters. The monoisotopic (exact) mass is 334 g/mol. The van der Waals surface area contributed by atoms with Gasteiger partial charge in [-0.3, -0.25) is 4.90 Å². The molecule has 128 valence electrons. The lowest BCUT2D eigenvalue weighted by molar-refractivity contribution is 0.193. The molecule has 1 atom stereocenters. The Balaban J connectivity index is 1.54. The second-order valence-electron chi connectivity index (χ2n) is 6.33. The first-order valence-corrected chi connectivity index (χ1v) is 8.60. The average molecular weight is 334 g/mol. The summed E-state index contributed by atoms with van der Waals surface area (Å²) in [5.41, 5.74) is 9.74. The molecular formula is C21H22N2O2. The van der Waals surface area contributed by atoms with Gasteiger partial charge in [-0.1, -0.05) is 42.5 Å². The summed E-state index contributed by atoms with van der Waals surface area (Å²) in [4.78, 5) is 2.35. The molecule has 0 bridgehead atoms. The number of benzene rings is 2. The van der Waals surface area contributed by atoms with E-state index in [-0.39, 0.29) is 6.04 Å². The normalized spacial score (nSPS) is 16.8. The third-order valence-electron chi connectivity index (χ3n) is 4.73. The van der Waals surface area contributed by atoms with Crippen LogP contribution >= 0.6 is 0 Å². The van der Waals surface area contributed by atoms with Gasteiger partial charge in [0.25, 0.3) is 0 Å². The molecule has 2 aromatic carbocycles. The van der Waals surface area contributed by atoms with Crippen molar-refractivity contribution < 1.29 is 9.15 Å². The zero-order valence-electron chi connectivity index (χ0n) is 14.1. The molecule has 25 heavy (non-hydrogen) atoms. The molecule has 0 fully saturated rings. The SMILES string of the molecule is NCC1c2cccc(OCc3ccccc3)c2CN1Cc1ccco1. The van der Waals surface area contributed by atoms with E-state index in [1.165, 1.54) is 16.7 Å². The molecule has 1 aliphatic rings. The van der Waals surface area contributed by atoms with Gasteiger partial charge in [0.05, 0.1) is 12.8 Å². The van der Waals surface area contributed by atoms with Gasteiger partial charge < -0.3 is 14.9 Å². The summed E-state index contributed by atoms with van der Waals surface area (Å²) in [7, 11) is 0. The summed E-state index contributed by atoms with van der Waals surface area (Å²) in [6, 6.07) is 20.6. The van der Waals surface area contributed by atoms with Crippen LogP contribution in [0.15, 0.2) is 71.3 Å². The van der Waals surface area contributed by atoms with E-state index in [9.17, 15) is 0 Å². The summed E-state index contributed by atoms with van der Waals surface area (Å²) in [6.45, 7) is 2.73. The minimum atomic E-state index is 0.195. The molecule has 0 amide bonds. The van der Waals surface area contributed by atoms with Gasteiger partial charge in [-0.25, -0.2) is 0 Å². The smallest absolute Gasteiger partial charge is 0.124 e. The van der Waals surface area contributed by atoms with E-state index in [2.05, 4.69) is 29.2 Å². The number of fused-ring (bicyclic) bond motifs is 1. The van der Waals surface area contributed by atoms with Crippen molar-refractivity contribution in [1.29, 1.82) is 0 Å². The van der Waals surface area contributed by atoms with Gasteiger partial charge in [0.2, 0.25) is 0 Å². The average Bonchev–Trinajstić information content (AvgIpc) is 3.28. The molecule has 0 radical (unpaired) electrons. The zero-order chi connectivity index (χ0) is 17.1. The van der Waals surface area contributed by atoms with Crippen LogP contribution in [0.5, 0.6) is 5.75 Å². The van der Waals surface area contributed by atoms with Gasteiger partial charge in [0.15, 0.2) is 0 Å². The number of furan rings is 1. The maximum atomic E-state index is 6.12. The molecule has 1 aliphatic heterocycles. The number of nitrogens with zero attached hydrogens (tertiary/aromatic N) is 1. The second-order valence-corrected chi connectivity index (χ2v) is 6.33. The van der Waals surface area contributed by atoms with Crippen LogP contribution < -0.4 is 10.5 Å². The molecule has 0 saturated heterocycles. The number of rotatable bonds is 6. The number of hydrogen-bond acceptors (Lipinski definition) is 4. The first-order valence-electron chi connectivity index (χ1n) is 8.60. The first kappa shape index (κ1) is 15.9. The Kier molecular flexibility index (Phi) is 4.55. The zero-order valence-corrected chi connectivity index (χ0v) is 14.1. The highest BCUT2D eigenvalue weighted by atomic mass is 16.5. The van der Waals surface area contributed by atoms with Gasteiger partial charge in [0, 0.05) is 24.7 Å². The molecule has 4 nitrogen and oxygen atoms in total. The Bertz CT molecular complexity index is 815. The van der Waals surface area contributed by atoms with Gasteiger partial charge in [-0.15, -0.1) is 0 Å². The Morgan fingerprint density at radius 3 is 2.68 bits per heavy atom. The van der Waals surface area contributed by atoms with E-state index in [1.807, 2.05) is 36.4 Å². The van der Waals surface area contributed by atoms with Crippen molar-refractivity contribution in [3.63, 3.8) is 0 Å². The molecule has 2 heterocycles. The minimum absolute atomic E-state index is 0.195. The molecule has 1 aromatic heterocycles.